The van der Waals surface area contributed by atoms with Crippen molar-refractivity contribution in [3.8, 4) is 0 Å². The van der Waals surface area contributed by atoms with Crippen LogP contribution in [0.15, 0.2) is 64.7 Å². The largest absolute Gasteiger partial charge is 0.469 e. The van der Waals surface area contributed by atoms with Gasteiger partial charge in [0.05, 0.1) is 12.8 Å². The summed E-state index contributed by atoms with van der Waals surface area (Å²) in [5.74, 6) is 1.77. The third kappa shape index (κ3) is 6.61. The van der Waals surface area contributed by atoms with Gasteiger partial charge in [0.1, 0.15) is 5.76 Å². The molecule has 0 amide bonds. The van der Waals surface area contributed by atoms with E-state index in [-0.39, 0.29) is 0 Å². The van der Waals surface area contributed by atoms with E-state index < -0.39 is 0 Å². The molecule has 27 heavy (non-hydrogen) atoms. The van der Waals surface area contributed by atoms with Gasteiger partial charge in [0.25, 0.3) is 0 Å². The Bertz CT molecular complexity index is 700. The summed E-state index contributed by atoms with van der Waals surface area (Å²) >= 11 is 0. The molecule has 1 aliphatic rings. The van der Waals surface area contributed by atoms with Gasteiger partial charge in [0, 0.05) is 26.1 Å². The summed E-state index contributed by atoms with van der Waals surface area (Å²) in [6, 6.07) is 12.7. The van der Waals surface area contributed by atoms with Gasteiger partial charge in [-0.25, -0.2) is 4.99 Å². The lowest BCUT2D eigenvalue weighted by molar-refractivity contribution is 0.331. The second kappa shape index (κ2) is 10.6. The number of guanidine groups is 1. The Morgan fingerprint density at radius 1 is 1.11 bits per heavy atom. The lowest BCUT2D eigenvalue weighted by Gasteiger charge is -2.14. The first-order valence-corrected chi connectivity index (χ1v) is 9.79. The molecule has 0 bridgehead atoms. The highest BCUT2D eigenvalue weighted by molar-refractivity contribution is 5.79. The van der Waals surface area contributed by atoms with Crippen molar-refractivity contribution < 1.29 is 4.42 Å². The van der Waals surface area contributed by atoms with Crippen LogP contribution >= 0.6 is 0 Å². The van der Waals surface area contributed by atoms with Crippen molar-refractivity contribution in [1.82, 2.24) is 15.5 Å². The predicted molar refractivity (Wildman–Crippen MR) is 111 cm³/mol. The van der Waals surface area contributed by atoms with Gasteiger partial charge in [0.2, 0.25) is 0 Å². The second-order valence-corrected chi connectivity index (χ2v) is 6.89. The summed E-state index contributed by atoms with van der Waals surface area (Å²) in [4.78, 5) is 7.21. The molecule has 0 aliphatic carbocycles. The van der Waals surface area contributed by atoms with E-state index in [1.165, 1.54) is 37.1 Å². The minimum Gasteiger partial charge on any atom is -0.469 e. The average molecular weight is 367 g/mol. The predicted octanol–water partition coefficient (Wildman–Crippen LogP) is 3.34. The lowest BCUT2D eigenvalue weighted by atomic mass is 10.1. The summed E-state index contributed by atoms with van der Waals surface area (Å²) in [5.41, 5.74) is 2.59. The van der Waals surface area contributed by atoms with Gasteiger partial charge in [-0.2, -0.15) is 0 Å². The van der Waals surface area contributed by atoms with E-state index in [1.807, 2.05) is 18.2 Å². The molecule has 5 heteroatoms. The number of rotatable bonds is 9. The van der Waals surface area contributed by atoms with Crippen LogP contribution in [0.4, 0.5) is 0 Å². The number of hydrogen-bond donors (Lipinski definition) is 2. The Morgan fingerprint density at radius 2 is 1.89 bits per heavy atom. The Kier molecular flexibility index (Phi) is 7.54. The molecule has 3 rings (SSSR count). The SMILES string of the molecule is C=CCNC(=NCc1ccc(CN2CCCC2)cc1)NCCc1ccco1. The minimum atomic E-state index is 0.650. The molecule has 2 heterocycles. The van der Waals surface area contributed by atoms with Gasteiger partial charge in [-0.05, 0) is 49.2 Å². The smallest absolute Gasteiger partial charge is 0.191 e. The van der Waals surface area contributed by atoms with Gasteiger partial charge >= 0.3 is 0 Å². The van der Waals surface area contributed by atoms with Crippen molar-refractivity contribution >= 4 is 5.96 Å². The Hall–Kier alpha value is -2.53. The van der Waals surface area contributed by atoms with Crippen LogP contribution in [0.2, 0.25) is 0 Å². The summed E-state index contributed by atoms with van der Waals surface area (Å²) < 4.78 is 5.36. The zero-order valence-corrected chi connectivity index (χ0v) is 16.0. The highest BCUT2D eigenvalue weighted by Gasteiger charge is 2.11. The van der Waals surface area contributed by atoms with Crippen LogP contribution < -0.4 is 10.6 Å². The van der Waals surface area contributed by atoms with Crippen molar-refractivity contribution in [2.24, 2.45) is 4.99 Å². The zero-order chi connectivity index (χ0) is 18.7. The second-order valence-electron chi connectivity index (χ2n) is 6.89. The lowest BCUT2D eigenvalue weighted by Crippen LogP contribution is -2.38. The molecule has 2 N–H and O–H groups in total. The maximum Gasteiger partial charge on any atom is 0.191 e. The highest BCUT2D eigenvalue weighted by atomic mass is 16.3. The van der Waals surface area contributed by atoms with Gasteiger partial charge in [-0.1, -0.05) is 30.3 Å². The number of furan rings is 1. The Morgan fingerprint density at radius 3 is 2.59 bits per heavy atom. The molecule has 0 unspecified atom stereocenters. The number of nitrogens with one attached hydrogen (secondary N) is 2. The van der Waals surface area contributed by atoms with E-state index >= 15 is 0 Å². The number of hydrogen-bond acceptors (Lipinski definition) is 3. The Balaban J connectivity index is 1.50. The number of benzene rings is 1. The molecule has 1 aromatic heterocycles. The molecular weight excluding hydrogens is 336 g/mol. The number of nitrogens with zero attached hydrogens (tertiary/aromatic N) is 2. The first-order chi connectivity index (χ1) is 13.3. The molecule has 2 aromatic rings. The van der Waals surface area contributed by atoms with E-state index in [4.69, 9.17) is 4.42 Å². The van der Waals surface area contributed by atoms with E-state index in [9.17, 15) is 0 Å². The maximum atomic E-state index is 5.36. The molecule has 0 saturated carbocycles. The van der Waals surface area contributed by atoms with Crippen LogP contribution in [0, 0.1) is 0 Å². The molecule has 1 fully saturated rings. The maximum absolute atomic E-state index is 5.36. The van der Waals surface area contributed by atoms with Crippen LogP contribution in [0.3, 0.4) is 0 Å². The molecule has 144 valence electrons. The summed E-state index contributed by atoms with van der Waals surface area (Å²) in [7, 11) is 0. The molecule has 0 atom stereocenters. The van der Waals surface area contributed by atoms with Crippen molar-refractivity contribution in [2.75, 3.05) is 26.2 Å². The Labute approximate surface area is 162 Å². The molecule has 1 aromatic carbocycles. The van der Waals surface area contributed by atoms with E-state index in [1.54, 1.807) is 6.26 Å². The van der Waals surface area contributed by atoms with E-state index in [2.05, 4.69) is 51.4 Å². The molecule has 1 aliphatic heterocycles. The summed E-state index contributed by atoms with van der Waals surface area (Å²) in [5, 5.41) is 6.61. The van der Waals surface area contributed by atoms with E-state index in [0.717, 1.165) is 31.2 Å². The highest BCUT2D eigenvalue weighted by Crippen LogP contribution is 2.13. The topological polar surface area (TPSA) is 52.8 Å². The van der Waals surface area contributed by atoms with Crippen LogP contribution in [-0.2, 0) is 19.5 Å². The van der Waals surface area contributed by atoms with Gasteiger partial charge in [-0.15, -0.1) is 6.58 Å². The van der Waals surface area contributed by atoms with Gasteiger partial charge in [0.15, 0.2) is 5.96 Å². The molecule has 5 nitrogen and oxygen atoms in total. The van der Waals surface area contributed by atoms with Crippen molar-refractivity contribution in [3.63, 3.8) is 0 Å². The molecule has 0 radical (unpaired) electrons. The van der Waals surface area contributed by atoms with Crippen molar-refractivity contribution in [1.29, 1.82) is 0 Å². The molecular formula is C22H30N4O. The normalized spacial score (nSPS) is 15.0. The van der Waals surface area contributed by atoms with E-state index in [0.29, 0.717) is 13.1 Å². The number of aliphatic imine (C=N–C) groups is 1. The molecule has 1 saturated heterocycles. The summed E-state index contributed by atoms with van der Waals surface area (Å²) in [6.45, 7) is 9.38. The number of likely N-dealkylation sites (tertiary alicyclic amines) is 1. The monoisotopic (exact) mass is 366 g/mol. The zero-order valence-electron chi connectivity index (χ0n) is 16.0. The standard InChI is InChI=1S/C22H30N4O/c1-2-12-23-22(24-13-11-21-6-5-16-27-21)25-17-19-7-9-20(10-8-19)18-26-14-3-4-15-26/h2,5-10,16H,1,3-4,11-15,17-18H2,(H2,23,24,25). The van der Waals surface area contributed by atoms with Crippen molar-refractivity contribution in [3.05, 3.63) is 72.2 Å². The van der Waals surface area contributed by atoms with Crippen LogP contribution in [0.5, 0.6) is 0 Å². The third-order valence-corrected chi connectivity index (χ3v) is 4.71. The van der Waals surface area contributed by atoms with Crippen molar-refractivity contribution in [2.45, 2.75) is 32.4 Å². The minimum absolute atomic E-state index is 0.650. The van der Waals surface area contributed by atoms with Crippen LogP contribution in [-0.4, -0.2) is 37.0 Å². The molecule has 0 spiro atoms. The first kappa shape index (κ1) is 19.2. The van der Waals surface area contributed by atoms with Gasteiger partial charge < -0.3 is 15.1 Å². The average Bonchev–Trinajstić information content (AvgIpc) is 3.39. The third-order valence-electron chi connectivity index (χ3n) is 4.71. The fourth-order valence-electron chi connectivity index (χ4n) is 3.22. The van der Waals surface area contributed by atoms with Crippen LogP contribution in [0.1, 0.15) is 29.7 Å². The quantitative estimate of drug-likeness (QED) is 0.406. The fraction of sp³-hybridized carbons (Fsp3) is 0.409. The van der Waals surface area contributed by atoms with Crippen LogP contribution in [0.25, 0.3) is 0 Å². The first-order valence-electron chi connectivity index (χ1n) is 9.79. The van der Waals surface area contributed by atoms with Gasteiger partial charge in [-0.3, -0.25) is 4.90 Å². The fourth-order valence-corrected chi connectivity index (χ4v) is 3.22. The summed E-state index contributed by atoms with van der Waals surface area (Å²) in [6.07, 6.45) is 7.03.